The lowest BCUT2D eigenvalue weighted by atomic mass is 10.3. The van der Waals surface area contributed by atoms with E-state index in [0.717, 1.165) is 0 Å². The van der Waals surface area contributed by atoms with Crippen LogP contribution in [0.1, 0.15) is 11.4 Å². The van der Waals surface area contributed by atoms with Crippen molar-refractivity contribution in [1.82, 2.24) is 4.98 Å². The lowest BCUT2D eigenvalue weighted by Crippen LogP contribution is -2.16. The summed E-state index contributed by atoms with van der Waals surface area (Å²) in [6.45, 7) is 0. The van der Waals surface area contributed by atoms with E-state index in [0.29, 0.717) is 0 Å². The second kappa shape index (κ2) is 3.67. The van der Waals surface area contributed by atoms with Crippen molar-refractivity contribution in [2.75, 3.05) is 0 Å². The third kappa shape index (κ3) is 3.34. The molecule has 0 N–H and O–H groups in total. The molecule has 1 rings (SSSR count). The summed E-state index contributed by atoms with van der Waals surface area (Å²) in [7, 11) is -4.59. The molecule has 0 unspecified atom stereocenters. The largest absolute Gasteiger partial charge is 0.810 e. The van der Waals surface area contributed by atoms with Gasteiger partial charge in [-0.05, 0) is 12.1 Å². The van der Waals surface area contributed by atoms with Gasteiger partial charge in [0.05, 0.1) is 0 Å². The predicted octanol–water partition coefficient (Wildman–Crippen LogP) is -0.633. The highest BCUT2D eigenvalue weighted by Gasteiger charge is 1.98. The Labute approximate surface area is 74.8 Å². The highest BCUT2D eigenvalue weighted by atomic mass is 31.2. The second-order valence-corrected chi connectivity index (χ2v) is 3.93. The molecule has 0 aliphatic carbocycles. The second-order valence-electron chi connectivity index (χ2n) is 2.39. The number of rotatable bonds is 2. The number of nitrogens with zero attached hydrogens (tertiary/aromatic N) is 2. The van der Waals surface area contributed by atoms with E-state index in [1.54, 1.807) is 6.07 Å². The third-order valence-electron chi connectivity index (χ3n) is 1.28. The lowest BCUT2D eigenvalue weighted by molar-refractivity contribution is -0.314. The van der Waals surface area contributed by atoms with Gasteiger partial charge in [-0.15, -0.1) is 0 Å². The molecule has 0 atom stereocenters. The molecule has 0 spiro atoms. The average Bonchev–Trinajstić information content (AvgIpc) is 2.01. The fourth-order valence-corrected chi connectivity index (χ4v) is 1.40. The molecule has 1 heterocycles. The smallest absolute Gasteiger partial charge is 0.140 e. The number of hydrogen-bond donors (Lipinski definition) is 0. The fraction of sp³-hybridized carbons (Fsp3) is 0.143. The van der Waals surface area contributed by atoms with Crippen LogP contribution in [0.5, 0.6) is 0 Å². The molecule has 0 saturated carbocycles. The van der Waals surface area contributed by atoms with E-state index in [1.165, 1.54) is 18.2 Å². The zero-order valence-corrected chi connectivity index (χ0v) is 7.40. The molecule has 0 fully saturated rings. The topological polar surface area (TPSA) is 99.9 Å². The molecule has 0 aliphatic heterocycles. The summed E-state index contributed by atoms with van der Waals surface area (Å²) in [6, 6.07) is 6.06. The SMILES string of the molecule is N#Cc1cccc(CP(=O)([O-])[O-])n1. The predicted molar refractivity (Wildman–Crippen MR) is 40.3 cm³/mol. The summed E-state index contributed by atoms with van der Waals surface area (Å²) in [5.41, 5.74) is 0.207. The summed E-state index contributed by atoms with van der Waals surface area (Å²) in [4.78, 5) is 24.3. The number of nitriles is 1. The van der Waals surface area contributed by atoms with Crippen LogP contribution in [0, 0.1) is 11.3 Å². The lowest BCUT2D eigenvalue weighted by Gasteiger charge is -2.28. The number of pyridine rings is 1. The van der Waals surface area contributed by atoms with Crippen LogP contribution in [0.25, 0.3) is 0 Å². The Morgan fingerprint density at radius 3 is 2.77 bits per heavy atom. The van der Waals surface area contributed by atoms with E-state index in [2.05, 4.69) is 4.98 Å². The monoisotopic (exact) mass is 196 g/mol. The Morgan fingerprint density at radius 2 is 2.23 bits per heavy atom. The van der Waals surface area contributed by atoms with Crippen molar-refractivity contribution in [3.8, 4) is 6.07 Å². The van der Waals surface area contributed by atoms with Crippen LogP contribution in [0.2, 0.25) is 0 Å². The molecular formula is C7H5N2O3P-2. The minimum Gasteiger partial charge on any atom is -0.810 e. The number of aromatic nitrogens is 1. The first-order valence-electron chi connectivity index (χ1n) is 3.38. The van der Waals surface area contributed by atoms with E-state index in [-0.39, 0.29) is 11.4 Å². The van der Waals surface area contributed by atoms with E-state index in [9.17, 15) is 14.4 Å². The molecule has 0 saturated heterocycles. The maximum Gasteiger partial charge on any atom is 0.140 e. The minimum atomic E-state index is -4.59. The first-order chi connectivity index (χ1) is 6.01. The summed E-state index contributed by atoms with van der Waals surface area (Å²) in [5.74, 6) is 0. The van der Waals surface area contributed by atoms with Gasteiger partial charge in [-0.3, -0.25) is 0 Å². The zero-order valence-electron chi connectivity index (χ0n) is 6.51. The molecular weight excluding hydrogens is 191 g/mol. The zero-order chi connectivity index (χ0) is 9.90. The number of hydrogen-bond acceptors (Lipinski definition) is 5. The highest BCUT2D eigenvalue weighted by Crippen LogP contribution is 2.28. The van der Waals surface area contributed by atoms with Crippen molar-refractivity contribution in [2.24, 2.45) is 0 Å². The van der Waals surface area contributed by atoms with E-state index >= 15 is 0 Å². The molecule has 0 aliphatic rings. The summed E-state index contributed by atoms with van der Waals surface area (Å²) in [6.07, 6.45) is -0.650. The molecule has 0 radical (unpaired) electrons. The van der Waals surface area contributed by atoms with Crippen molar-refractivity contribution in [2.45, 2.75) is 6.16 Å². The van der Waals surface area contributed by atoms with Crippen LogP contribution < -0.4 is 9.79 Å². The van der Waals surface area contributed by atoms with Gasteiger partial charge in [0.2, 0.25) is 0 Å². The molecule has 5 nitrogen and oxygen atoms in total. The van der Waals surface area contributed by atoms with E-state index < -0.39 is 13.8 Å². The highest BCUT2D eigenvalue weighted by molar-refractivity contribution is 7.47. The summed E-state index contributed by atoms with van der Waals surface area (Å²) < 4.78 is 10.3. The molecule has 1 aromatic rings. The normalized spacial score (nSPS) is 10.8. The molecule has 0 bridgehead atoms. The molecule has 6 heteroatoms. The van der Waals surface area contributed by atoms with Gasteiger partial charge in [0.25, 0.3) is 0 Å². The van der Waals surface area contributed by atoms with Crippen LogP contribution in [0.4, 0.5) is 0 Å². The van der Waals surface area contributed by atoms with Gasteiger partial charge in [0.15, 0.2) is 0 Å². The maximum atomic E-state index is 10.3. The van der Waals surface area contributed by atoms with Gasteiger partial charge in [0.1, 0.15) is 11.8 Å². The van der Waals surface area contributed by atoms with Crippen molar-refractivity contribution >= 4 is 7.60 Å². The Kier molecular flexibility index (Phi) is 2.79. The minimum absolute atomic E-state index is 0.103. The average molecular weight is 196 g/mol. The van der Waals surface area contributed by atoms with Gasteiger partial charge >= 0.3 is 0 Å². The van der Waals surface area contributed by atoms with Crippen LogP contribution in [-0.4, -0.2) is 4.98 Å². The third-order valence-corrected chi connectivity index (χ3v) is 1.99. The first kappa shape index (κ1) is 9.87. The van der Waals surface area contributed by atoms with Gasteiger partial charge in [-0.1, -0.05) is 13.7 Å². The van der Waals surface area contributed by atoms with Crippen LogP contribution in [-0.2, 0) is 10.7 Å². The maximum absolute atomic E-state index is 10.3. The van der Waals surface area contributed by atoms with Crippen LogP contribution in [0.3, 0.4) is 0 Å². The van der Waals surface area contributed by atoms with Gasteiger partial charge < -0.3 is 14.4 Å². The van der Waals surface area contributed by atoms with Gasteiger partial charge in [-0.25, -0.2) is 4.98 Å². The Bertz CT molecular complexity index is 393. The Morgan fingerprint density at radius 1 is 1.54 bits per heavy atom. The molecule has 1 aromatic heterocycles. The van der Waals surface area contributed by atoms with Crippen LogP contribution in [0.15, 0.2) is 18.2 Å². The van der Waals surface area contributed by atoms with Crippen molar-refractivity contribution in [3.05, 3.63) is 29.6 Å². The van der Waals surface area contributed by atoms with Crippen molar-refractivity contribution < 1.29 is 14.4 Å². The van der Waals surface area contributed by atoms with Gasteiger partial charge in [-0.2, -0.15) is 5.26 Å². The molecule has 0 amide bonds. The summed E-state index contributed by atoms with van der Waals surface area (Å²) >= 11 is 0. The molecule has 68 valence electrons. The van der Waals surface area contributed by atoms with E-state index in [1.807, 2.05) is 0 Å². The van der Waals surface area contributed by atoms with Crippen LogP contribution >= 0.6 is 7.60 Å². The Balaban J connectivity index is 2.92. The molecule has 13 heavy (non-hydrogen) atoms. The molecule has 0 aromatic carbocycles. The van der Waals surface area contributed by atoms with Crippen molar-refractivity contribution in [1.29, 1.82) is 5.26 Å². The summed E-state index contributed by atoms with van der Waals surface area (Å²) in [5, 5.41) is 8.42. The first-order valence-corrected chi connectivity index (χ1v) is 5.11. The van der Waals surface area contributed by atoms with Crippen molar-refractivity contribution in [3.63, 3.8) is 0 Å². The van der Waals surface area contributed by atoms with E-state index in [4.69, 9.17) is 5.26 Å². The fourth-order valence-electron chi connectivity index (χ4n) is 0.828. The van der Waals surface area contributed by atoms with Gasteiger partial charge in [0, 0.05) is 11.9 Å². The standard InChI is InChI=1S/C7H7N2O3P/c8-4-6-2-1-3-7(9-6)5-13(10,11)12/h1-3H,5H2,(H2,10,11,12)/p-2. The Hall–Kier alpha value is -1.21. The quantitative estimate of drug-likeness (QED) is 0.586.